The number of oxazole rings is 2. The van der Waals surface area contributed by atoms with Gasteiger partial charge in [-0.3, -0.25) is 0 Å². The first-order chi connectivity index (χ1) is 6.45. The summed E-state index contributed by atoms with van der Waals surface area (Å²) in [4.78, 5) is 7.91. The Hall–Kier alpha value is -1.33. The highest BCUT2D eigenvalue weighted by Gasteiger charge is 1.98. The molecule has 0 aliphatic heterocycles. The van der Waals surface area contributed by atoms with Crippen LogP contribution in [0.3, 0.4) is 0 Å². The quantitative estimate of drug-likeness (QED) is 0.835. The van der Waals surface area contributed by atoms with Gasteiger partial charge in [0.05, 0.1) is 25.5 Å². The van der Waals surface area contributed by atoms with Crippen LogP contribution in [0, 0.1) is 0 Å². The lowest BCUT2D eigenvalue weighted by Gasteiger charge is -1.96. The molecule has 0 aliphatic carbocycles. The Labute approximate surface area is 86.9 Å². The number of nitrogens with zero attached hydrogens (tertiary/aromatic N) is 2. The third-order valence-electron chi connectivity index (χ3n) is 1.52. The predicted molar refractivity (Wildman–Crippen MR) is 50.8 cm³/mol. The molecule has 0 atom stereocenters. The van der Waals surface area contributed by atoms with Gasteiger partial charge >= 0.3 is 0 Å². The molecule has 76 valence electrons. The molecule has 2 aromatic heterocycles. The van der Waals surface area contributed by atoms with Crippen molar-refractivity contribution >= 4 is 12.4 Å². The monoisotopic (exact) mass is 215 g/mol. The van der Waals surface area contributed by atoms with E-state index in [-0.39, 0.29) is 12.4 Å². The zero-order chi connectivity index (χ0) is 8.93. The third-order valence-corrected chi connectivity index (χ3v) is 1.52. The van der Waals surface area contributed by atoms with Crippen molar-refractivity contribution in [1.82, 2.24) is 15.3 Å². The summed E-state index contributed by atoms with van der Waals surface area (Å²) in [6.45, 7) is 1.16. The van der Waals surface area contributed by atoms with Gasteiger partial charge in [0.1, 0.15) is 12.5 Å². The maximum atomic E-state index is 5.03. The zero-order valence-corrected chi connectivity index (χ0v) is 8.16. The van der Waals surface area contributed by atoms with E-state index in [4.69, 9.17) is 8.83 Å². The van der Waals surface area contributed by atoms with Gasteiger partial charge in [-0.2, -0.15) is 0 Å². The van der Waals surface area contributed by atoms with Crippen molar-refractivity contribution < 1.29 is 8.83 Å². The van der Waals surface area contributed by atoms with Gasteiger partial charge in [-0.25, -0.2) is 9.97 Å². The first kappa shape index (κ1) is 10.7. The van der Waals surface area contributed by atoms with Gasteiger partial charge in [0, 0.05) is 0 Å². The second-order valence-corrected chi connectivity index (χ2v) is 2.46. The minimum atomic E-state index is 0. The maximum Gasteiger partial charge on any atom is 0.207 e. The van der Waals surface area contributed by atoms with E-state index in [1.165, 1.54) is 0 Å². The number of aromatic nitrogens is 2. The topological polar surface area (TPSA) is 64.1 Å². The average Bonchev–Trinajstić information content (AvgIpc) is 2.75. The molecule has 0 unspecified atom stereocenters. The van der Waals surface area contributed by atoms with E-state index in [2.05, 4.69) is 15.3 Å². The van der Waals surface area contributed by atoms with E-state index in [1.54, 1.807) is 24.9 Å². The van der Waals surface area contributed by atoms with E-state index in [9.17, 15) is 0 Å². The molecule has 0 spiro atoms. The van der Waals surface area contributed by atoms with Gasteiger partial charge < -0.3 is 14.2 Å². The van der Waals surface area contributed by atoms with E-state index in [0.717, 1.165) is 0 Å². The van der Waals surface area contributed by atoms with Crippen LogP contribution in [0.1, 0.15) is 11.8 Å². The number of rotatable bonds is 4. The number of hydrogen-bond acceptors (Lipinski definition) is 5. The molecule has 2 aromatic rings. The van der Waals surface area contributed by atoms with Crippen LogP contribution in [0.25, 0.3) is 0 Å². The van der Waals surface area contributed by atoms with Crippen LogP contribution in [0.15, 0.2) is 33.8 Å². The van der Waals surface area contributed by atoms with Crippen molar-refractivity contribution in [3.63, 3.8) is 0 Å². The lowest BCUT2D eigenvalue weighted by atomic mass is 10.5. The molecule has 0 bridgehead atoms. The van der Waals surface area contributed by atoms with Crippen LogP contribution >= 0.6 is 12.4 Å². The lowest BCUT2D eigenvalue weighted by Crippen LogP contribution is -2.12. The molecule has 2 rings (SSSR count). The highest BCUT2D eigenvalue weighted by Crippen LogP contribution is 1.96. The molecule has 2 heterocycles. The summed E-state index contributed by atoms with van der Waals surface area (Å²) in [7, 11) is 0. The first-order valence-corrected chi connectivity index (χ1v) is 3.92. The van der Waals surface area contributed by atoms with Gasteiger partial charge in [-0.1, -0.05) is 0 Å². The molecule has 0 radical (unpaired) electrons. The Balaban J connectivity index is 0.000000980. The summed E-state index contributed by atoms with van der Waals surface area (Å²) in [6.07, 6.45) is 6.31. The van der Waals surface area contributed by atoms with Crippen molar-refractivity contribution in [1.29, 1.82) is 0 Å². The highest BCUT2D eigenvalue weighted by molar-refractivity contribution is 5.85. The van der Waals surface area contributed by atoms with Gasteiger partial charge in [-0.15, -0.1) is 12.4 Å². The number of hydrogen-bond donors (Lipinski definition) is 1. The molecule has 0 amide bonds. The number of halogens is 1. The van der Waals surface area contributed by atoms with Gasteiger partial charge in [0.2, 0.25) is 11.8 Å². The fourth-order valence-corrected chi connectivity index (χ4v) is 0.957. The maximum absolute atomic E-state index is 5.03. The van der Waals surface area contributed by atoms with E-state index in [1.807, 2.05) is 0 Å². The molecule has 0 fully saturated rings. The van der Waals surface area contributed by atoms with Crippen LogP contribution in [-0.2, 0) is 13.1 Å². The van der Waals surface area contributed by atoms with Crippen LogP contribution < -0.4 is 5.32 Å². The van der Waals surface area contributed by atoms with Crippen LogP contribution in [0.4, 0.5) is 0 Å². The van der Waals surface area contributed by atoms with Crippen LogP contribution in [0.2, 0.25) is 0 Å². The Morgan fingerprint density at radius 1 is 1.00 bits per heavy atom. The molecule has 14 heavy (non-hydrogen) atoms. The number of nitrogens with one attached hydrogen (secondary N) is 1. The summed E-state index contributed by atoms with van der Waals surface area (Å²) in [5, 5.41) is 3.08. The molecule has 5 nitrogen and oxygen atoms in total. The van der Waals surface area contributed by atoms with E-state index >= 15 is 0 Å². The van der Waals surface area contributed by atoms with Crippen molar-refractivity contribution in [2.45, 2.75) is 13.1 Å². The normalized spacial score (nSPS) is 9.71. The van der Waals surface area contributed by atoms with Crippen molar-refractivity contribution in [3.05, 3.63) is 36.7 Å². The standard InChI is InChI=1S/C8H9N3O2.ClH/c1-3-12-7(10-1)5-9-6-8-11-2-4-13-8;/h1-4,9H,5-6H2;1H. The first-order valence-electron chi connectivity index (χ1n) is 3.92. The third kappa shape index (κ3) is 2.86. The molecule has 6 heteroatoms. The summed E-state index contributed by atoms with van der Waals surface area (Å²) >= 11 is 0. The Morgan fingerprint density at radius 2 is 1.50 bits per heavy atom. The Morgan fingerprint density at radius 3 is 1.86 bits per heavy atom. The summed E-state index contributed by atoms with van der Waals surface area (Å²) in [6, 6.07) is 0. The molecular formula is C8H10ClN3O2. The highest BCUT2D eigenvalue weighted by atomic mass is 35.5. The van der Waals surface area contributed by atoms with E-state index in [0.29, 0.717) is 24.9 Å². The summed E-state index contributed by atoms with van der Waals surface area (Å²) in [5.41, 5.74) is 0. The van der Waals surface area contributed by atoms with Crippen molar-refractivity contribution in [2.75, 3.05) is 0 Å². The zero-order valence-electron chi connectivity index (χ0n) is 7.34. The van der Waals surface area contributed by atoms with Gasteiger partial charge in [0.15, 0.2) is 0 Å². The second kappa shape index (κ2) is 5.41. The molecular weight excluding hydrogens is 206 g/mol. The van der Waals surface area contributed by atoms with Gasteiger partial charge in [-0.05, 0) is 0 Å². The second-order valence-electron chi connectivity index (χ2n) is 2.46. The fourth-order valence-electron chi connectivity index (χ4n) is 0.957. The summed E-state index contributed by atoms with van der Waals surface area (Å²) in [5.74, 6) is 1.32. The molecule has 0 aromatic carbocycles. The van der Waals surface area contributed by atoms with Crippen LogP contribution in [0.5, 0.6) is 0 Å². The molecule has 0 aliphatic rings. The predicted octanol–water partition coefficient (Wildman–Crippen LogP) is 1.37. The Bertz CT molecular complexity index is 299. The molecule has 1 N–H and O–H groups in total. The smallest absolute Gasteiger partial charge is 0.207 e. The molecule has 0 saturated carbocycles. The average molecular weight is 216 g/mol. The Kier molecular flexibility index (Phi) is 4.15. The van der Waals surface area contributed by atoms with Crippen LogP contribution in [-0.4, -0.2) is 9.97 Å². The van der Waals surface area contributed by atoms with Crippen molar-refractivity contribution in [2.24, 2.45) is 0 Å². The minimum absolute atomic E-state index is 0. The lowest BCUT2D eigenvalue weighted by molar-refractivity contribution is 0.434. The fraction of sp³-hybridized carbons (Fsp3) is 0.250. The van der Waals surface area contributed by atoms with Crippen molar-refractivity contribution in [3.8, 4) is 0 Å². The summed E-state index contributed by atoms with van der Waals surface area (Å²) < 4.78 is 10.1. The van der Waals surface area contributed by atoms with E-state index < -0.39 is 0 Å². The molecule has 0 saturated heterocycles. The van der Waals surface area contributed by atoms with Gasteiger partial charge in [0.25, 0.3) is 0 Å². The SMILES string of the molecule is Cl.c1coc(CNCc2ncco2)n1. The minimum Gasteiger partial charge on any atom is -0.448 e. The largest absolute Gasteiger partial charge is 0.448 e.